The Kier molecular flexibility index (Phi) is 7.41. The summed E-state index contributed by atoms with van der Waals surface area (Å²) >= 11 is 0. The van der Waals surface area contributed by atoms with Crippen molar-refractivity contribution in [2.75, 3.05) is 26.2 Å². The summed E-state index contributed by atoms with van der Waals surface area (Å²) in [6.45, 7) is 2.21. The Morgan fingerprint density at radius 1 is 0.909 bits per heavy atom. The molecule has 1 aliphatic heterocycles. The zero-order valence-electron chi connectivity index (χ0n) is 18.7. The lowest BCUT2D eigenvalue weighted by Crippen LogP contribution is -2.46. The van der Waals surface area contributed by atoms with Crippen LogP contribution in [0, 0.1) is 17.2 Å². The van der Waals surface area contributed by atoms with Crippen molar-refractivity contribution < 1.29 is 14.9 Å². The van der Waals surface area contributed by atoms with Gasteiger partial charge in [-0.2, -0.15) is 5.26 Å². The fraction of sp³-hybridized carbons (Fsp3) is 0.321. The van der Waals surface area contributed by atoms with Crippen LogP contribution in [0.5, 0.6) is 5.75 Å². The smallest absolute Gasteiger partial charge is 0.137 e. The number of hydrogen-bond donors (Lipinski definition) is 2. The highest BCUT2D eigenvalue weighted by molar-refractivity contribution is 5.42. The molecule has 33 heavy (non-hydrogen) atoms. The van der Waals surface area contributed by atoms with Crippen molar-refractivity contribution in [1.82, 2.24) is 4.90 Å². The Morgan fingerprint density at radius 3 is 2.03 bits per heavy atom. The number of β-amino-alcohol motifs (C(OH)–C–C–N with tert-alkyl or cyclic N) is 1. The minimum absolute atomic E-state index is 0.0782. The molecule has 0 unspecified atom stereocenters. The van der Waals surface area contributed by atoms with Crippen LogP contribution >= 0.6 is 0 Å². The Bertz CT molecular complexity index is 1020. The van der Waals surface area contributed by atoms with Crippen molar-refractivity contribution in [1.29, 1.82) is 5.26 Å². The summed E-state index contributed by atoms with van der Waals surface area (Å²) in [5, 5.41) is 31.7. The third kappa shape index (κ3) is 5.26. The molecule has 0 bridgehead atoms. The molecule has 1 fully saturated rings. The van der Waals surface area contributed by atoms with E-state index in [0.29, 0.717) is 17.9 Å². The van der Waals surface area contributed by atoms with Crippen LogP contribution in [0.1, 0.15) is 29.5 Å². The molecule has 5 nitrogen and oxygen atoms in total. The summed E-state index contributed by atoms with van der Waals surface area (Å²) in [6.07, 6.45) is 0.992. The predicted molar refractivity (Wildman–Crippen MR) is 128 cm³/mol. The number of aliphatic hydroxyl groups is 2. The number of para-hydroxylation sites is 1. The molecular formula is C28H30N2O3. The fourth-order valence-electron chi connectivity index (χ4n) is 4.78. The van der Waals surface area contributed by atoms with Crippen LogP contribution in [0.3, 0.4) is 0 Å². The van der Waals surface area contributed by atoms with Crippen molar-refractivity contribution in [3.8, 4) is 11.8 Å². The van der Waals surface area contributed by atoms with Gasteiger partial charge in [-0.25, -0.2) is 0 Å². The first kappa shape index (κ1) is 23.0. The second-order valence-corrected chi connectivity index (χ2v) is 8.65. The number of piperidine rings is 1. The first-order chi connectivity index (χ1) is 16.1. The van der Waals surface area contributed by atoms with E-state index in [2.05, 4.69) is 11.0 Å². The van der Waals surface area contributed by atoms with Crippen molar-refractivity contribution in [2.45, 2.75) is 24.5 Å². The molecule has 0 radical (unpaired) electrons. The average molecular weight is 443 g/mol. The van der Waals surface area contributed by atoms with Crippen LogP contribution in [0.2, 0.25) is 0 Å². The van der Waals surface area contributed by atoms with Gasteiger partial charge in [0.1, 0.15) is 30.1 Å². The molecule has 0 amide bonds. The SMILES string of the molecule is N#Cc1ccccc1OC[C@@H](O)CN1CCC(C(O)(c2ccccc2)c2ccccc2)CC1. The van der Waals surface area contributed by atoms with Crippen LogP contribution in [0.4, 0.5) is 0 Å². The molecule has 1 atom stereocenters. The van der Waals surface area contributed by atoms with E-state index in [1.807, 2.05) is 66.7 Å². The number of nitrogens with zero attached hydrogens (tertiary/aromatic N) is 2. The molecule has 0 saturated carbocycles. The highest BCUT2D eigenvalue weighted by Crippen LogP contribution is 2.41. The molecule has 170 valence electrons. The summed E-state index contributed by atoms with van der Waals surface area (Å²) in [7, 11) is 0. The first-order valence-electron chi connectivity index (χ1n) is 11.5. The molecule has 2 N–H and O–H groups in total. The van der Waals surface area contributed by atoms with Gasteiger partial charge in [-0.3, -0.25) is 0 Å². The molecule has 4 rings (SSSR count). The Labute approximate surface area is 195 Å². The third-order valence-electron chi connectivity index (χ3n) is 6.51. The quantitative estimate of drug-likeness (QED) is 0.553. The number of likely N-dealkylation sites (tertiary alicyclic amines) is 1. The van der Waals surface area contributed by atoms with Crippen LogP contribution in [0.25, 0.3) is 0 Å². The van der Waals surface area contributed by atoms with E-state index < -0.39 is 11.7 Å². The number of benzene rings is 3. The molecule has 1 heterocycles. The van der Waals surface area contributed by atoms with Gasteiger partial charge in [0.2, 0.25) is 0 Å². The number of rotatable bonds is 8. The second kappa shape index (κ2) is 10.6. The predicted octanol–water partition coefficient (Wildman–Crippen LogP) is 3.95. The summed E-state index contributed by atoms with van der Waals surface area (Å²) in [5.41, 5.74) is 1.25. The van der Waals surface area contributed by atoms with Gasteiger partial charge in [0, 0.05) is 6.54 Å². The summed E-state index contributed by atoms with van der Waals surface area (Å²) < 4.78 is 5.68. The van der Waals surface area contributed by atoms with Gasteiger partial charge in [0.05, 0.1) is 5.56 Å². The third-order valence-corrected chi connectivity index (χ3v) is 6.51. The van der Waals surface area contributed by atoms with Crippen LogP contribution in [0.15, 0.2) is 84.9 Å². The summed E-state index contributed by atoms with van der Waals surface area (Å²) in [4.78, 5) is 2.22. The van der Waals surface area contributed by atoms with Crippen LogP contribution in [-0.2, 0) is 5.60 Å². The lowest BCUT2D eigenvalue weighted by atomic mass is 9.72. The second-order valence-electron chi connectivity index (χ2n) is 8.65. The van der Waals surface area contributed by atoms with Crippen LogP contribution < -0.4 is 4.74 Å². The van der Waals surface area contributed by atoms with E-state index in [4.69, 9.17) is 4.74 Å². The van der Waals surface area contributed by atoms with Gasteiger partial charge in [-0.15, -0.1) is 0 Å². The van der Waals surface area contributed by atoms with E-state index in [9.17, 15) is 15.5 Å². The van der Waals surface area contributed by atoms with Crippen molar-refractivity contribution in [2.24, 2.45) is 5.92 Å². The number of ether oxygens (including phenoxy) is 1. The van der Waals surface area contributed by atoms with Crippen molar-refractivity contribution in [3.63, 3.8) is 0 Å². The molecule has 1 aliphatic rings. The van der Waals surface area contributed by atoms with Crippen molar-refractivity contribution >= 4 is 0 Å². The minimum Gasteiger partial charge on any atom is -0.489 e. The highest BCUT2D eigenvalue weighted by atomic mass is 16.5. The zero-order valence-corrected chi connectivity index (χ0v) is 18.7. The van der Waals surface area contributed by atoms with Gasteiger partial charge >= 0.3 is 0 Å². The Hall–Kier alpha value is -3.17. The average Bonchev–Trinajstić information content (AvgIpc) is 2.88. The summed E-state index contributed by atoms with van der Waals surface area (Å²) in [6, 6.07) is 29.0. The maximum absolute atomic E-state index is 12.0. The molecule has 0 aromatic heterocycles. The lowest BCUT2D eigenvalue weighted by Gasteiger charge is -2.42. The largest absolute Gasteiger partial charge is 0.489 e. The lowest BCUT2D eigenvalue weighted by molar-refractivity contribution is -0.0222. The van der Waals surface area contributed by atoms with E-state index in [-0.39, 0.29) is 12.5 Å². The number of hydrogen-bond acceptors (Lipinski definition) is 5. The Balaban J connectivity index is 1.37. The molecule has 0 spiro atoms. The zero-order chi connectivity index (χ0) is 23.1. The van der Waals surface area contributed by atoms with Gasteiger partial charge in [-0.1, -0.05) is 72.8 Å². The van der Waals surface area contributed by atoms with Gasteiger partial charge in [0.25, 0.3) is 0 Å². The molecule has 3 aromatic carbocycles. The van der Waals surface area contributed by atoms with Gasteiger partial charge < -0.3 is 19.8 Å². The molecule has 5 heteroatoms. The fourth-order valence-corrected chi connectivity index (χ4v) is 4.78. The molecule has 0 aliphatic carbocycles. The van der Waals surface area contributed by atoms with E-state index in [1.165, 1.54) is 0 Å². The normalized spacial score (nSPS) is 16.2. The van der Waals surface area contributed by atoms with Gasteiger partial charge in [0.15, 0.2) is 0 Å². The van der Waals surface area contributed by atoms with Crippen molar-refractivity contribution in [3.05, 3.63) is 102 Å². The van der Waals surface area contributed by atoms with Crippen LogP contribution in [-0.4, -0.2) is 47.5 Å². The first-order valence-corrected chi connectivity index (χ1v) is 11.5. The highest BCUT2D eigenvalue weighted by Gasteiger charge is 2.41. The maximum atomic E-state index is 12.0. The number of aliphatic hydroxyl groups excluding tert-OH is 1. The molecular weight excluding hydrogens is 412 g/mol. The number of nitriles is 1. The topological polar surface area (TPSA) is 76.7 Å². The minimum atomic E-state index is -1.04. The van der Waals surface area contributed by atoms with E-state index in [0.717, 1.165) is 37.1 Å². The monoisotopic (exact) mass is 442 g/mol. The summed E-state index contributed by atoms with van der Waals surface area (Å²) in [5.74, 6) is 0.572. The van der Waals surface area contributed by atoms with Gasteiger partial charge in [-0.05, 0) is 55.1 Å². The maximum Gasteiger partial charge on any atom is 0.137 e. The van der Waals surface area contributed by atoms with E-state index >= 15 is 0 Å². The standard InChI is InChI=1S/C28H30N2O3/c29-19-22-9-7-8-14-27(22)33-21-26(31)20-30-17-15-25(16-18-30)28(32,23-10-3-1-4-11-23)24-12-5-2-6-13-24/h1-14,25-26,31-32H,15-18,20-21H2/t26-/m0/s1. The Morgan fingerprint density at radius 2 is 1.45 bits per heavy atom. The van der Waals surface area contributed by atoms with E-state index in [1.54, 1.807) is 18.2 Å². The molecule has 3 aromatic rings. The molecule has 1 saturated heterocycles.